The number of aryl methyl sites for hydroxylation is 2. The molecule has 160 valence electrons. The van der Waals surface area contributed by atoms with Crippen LogP contribution < -0.4 is 4.90 Å². The van der Waals surface area contributed by atoms with Crippen molar-refractivity contribution >= 4 is 34.9 Å². The Hall–Kier alpha value is -1.82. The van der Waals surface area contributed by atoms with Crippen LogP contribution >= 0.6 is 23.2 Å². The smallest absolute Gasteiger partial charge is 0.306 e. The van der Waals surface area contributed by atoms with Crippen LogP contribution in [-0.4, -0.2) is 47.1 Å². The average Bonchev–Trinajstić information content (AvgIpc) is 2.67. The summed E-state index contributed by atoms with van der Waals surface area (Å²) in [5, 5.41) is 10.5. The second kappa shape index (κ2) is 8.74. The fourth-order valence-corrected chi connectivity index (χ4v) is 5.19. The van der Waals surface area contributed by atoms with Gasteiger partial charge >= 0.3 is 5.97 Å². The van der Waals surface area contributed by atoms with Crippen LogP contribution in [0.2, 0.25) is 10.0 Å². The van der Waals surface area contributed by atoms with E-state index in [0.717, 1.165) is 62.6 Å². The summed E-state index contributed by atoms with van der Waals surface area (Å²) in [4.78, 5) is 20.7. The number of benzene rings is 1. The number of rotatable bonds is 5. The number of hydrogen-bond acceptors (Lipinski definition) is 4. The van der Waals surface area contributed by atoms with Gasteiger partial charge in [0.05, 0.1) is 27.3 Å². The Bertz CT molecular complexity index is 931. The number of nitrogens with zero attached hydrogens (tertiary/aromatic N) is 3. The number of para-hydroxylation sites is 1. The Kier molecular flexibility index (Phi) is 6.24. The summed E-state index contributed by atoms with van der Waals surface area (Å²) in [6.45, 7) is 8.41. The van der Waals surface area contributed by atoms with Crippen molar-refractivity contribution in [1.29, 1.82) is 0 Å². The van der Waals surface area contributed by atoms with Crippen molar-refractivity contribution in [1.82, 2.24) is 9.88 Å². The van der Waals surface area contributed by atoms with Crippen LogP contribution in [0, 0.1) is 19.8 Å². The molecule has 1 aromatic heterocycles. The molecule has 30 heavy (non-hydrogen) atoms. The van der Waals surface area contributed by atoms with E-state index >= 15 is 0 Å². The second-order valence-corrected chi connectivity index (χ2v) is 9.31. The zero-order valence-electron chi connectivity index (χ0n) is 17.4. The third kappa shape index (κ3) is 4.29. The highest BCUT2D eigenvalue weighted by molar-refractivity contribution is 6.39. The van der Waals surface area contributed by atoms with Crippen molar-refractivity contribution in [2.45, 2.75) is 39.2 Å². The Morgan fingerprint density at radius 2 is 1.80 bits per heavy atom. The highest BCUT2D eigenvalue weighted by atomic mass is 35.5. The monoisotopic (exact) mass is 447 g/mol. The number of piperidine rings is 1. The lowest BCUT2D eigenvalue weighted by Crippen LogP contribution is -2.46. The number of carboxylic acid groups (broad SMARTS) is 1. The molecular weight excluding hydrogens is 421 g/mol. The third-order valence-corrected chi connectivity index (χ3v) is 7.01. The van der Waals surface area contributed by atoms with Gasteiger partial charge in [0.25, 0.3) is 0 Å². The van der Waals surface area contributed by atoms with Gasteiger partial charge in [-0.05, 0) is 63.0 Å². The van der Waals surface area contributed by atoms with Gasteiger partial charge in [-0.3, -0.25) is 14.7 Å². The fourth-order valence-electron chi connectivity index (χ4n) is 4.56. The van der Waals surface area contributed by atoms with Crippen molar-refractivity contribution in [2.24, 2.45) is 5.92 Å². The van der Waals surface area contributed by atoms with E-state index in [0.29, 0.717) is 16.0 Å². The maximum absolute atomic E-state index is 11.2. The Labute approximate surface area is 187 Å². The molecule has 0 aliphatic carbocycles. The number of carbonyl (C=O) groups is 1. The molecule has 4 rings (SSSR count). The minimum atomic E-state index is -0.666. The van der Waals surface area contributed by atoms with Gasteiger partial charge in [-0.2, -0.15) is 0 Å². The molecule has 7 heteroatoms. The summed E-state index contributed by atoms with van der Waals surface area (Å²) < 4.78 is 0. The molecule has 0 saturated carbocycles. The first kappa shape index (κ1) is 21.4. The van der Waals surface area contributed by atoms with E-state index in [4.69, 9.17) is 28.2 Å². The SMILES string of the molecule is Cc1cc(CN2CCC(C(=O)O)CC2)c(C)nc1C1CN(c2c(Cl)cccc2Cl)C1. The Morgan fingerprint density at radius 1 is 1.17 bits per heavy atom. The van der Waals surface area contributed by atoms with Crippen LogP contribution in [0.15, 0.2) is 24.3 Å². The first-order valence-corrected chi connectivity index (χ1v) is 11.2. The number of aliphatic carboxylic acids is 1. The van der Waals surface area contributed by atoms with Crippen LogP contribution in [0.25, 0.3) is 0 Å². The standard InChI is InChI=1S/C23H27Cl2N3O2/c1-14-10-17(11-27-8-6-16(7-9-27)23(29)30)15(2)26-21(14)18-12-28(13-18)22-19(24)4-3-5-20(22)25/h3-5,10,16,18H,6-9,11-13H2,1-2H3,(H,29,30). The predicted octanol–water partition coefficient (Wildman–Crippen LogP) is 4.91. The van der Waals surface area contributed by atoms with Gasteiger partial charge in [0, 0.05) is 31.2 Å². The molecule has 2 aliphatic rings. The van der Waals surface area contributed by atoms with Gasteiger partial charge in [-0.15, -0.1) is 0 Å². The predicted molar refractivity (Wildman–Crippen MR) is 121 cm³/mol. The lowest BCUT2D eigenvalue weighted by molar-refractivity contribution is -0.143. The lowest BCUT2D eigenvalue weighted by atomic mass is 9.91. The van der Waals surface area contributed by atoms with Crippen LogP contribution in [0.4, 0.5) is 5.69 Å². The molecule has 0 spiro atoms. The minimum Gasteiger partial charge on any atom is -0.481 e. The molecule has 2 aliphatic heterocycles. The van der Waals surface area contributed by atoms with E-state index in [1.165, 1.54) is 11.1 Å². The number of halogens is 2. The molecule has 2 aromatic rings. The molecule has 5 nitrogen and oxygen atoms in total. The fraction of sp³-hybridized carbons (Fsp3) is 0.478. The normalized spacial score (nSPS) is 18.5. The van der Waals surface area contributed by atoms with Crippen molar-refractivity contribution in [2.75, 3.05) is 31.1 Å². The van der Waals surface area contributed by atoms with Crippen molar-refractivity contribution in [3.63, 3.8) is 0 Å². The molecule has 1 aromatic carbocycles. The number of hydrogen-bond donors (Lipinski definition) is 1. The number of carboxylic acids is 1. The average molecular weight is 448 g/mol. The zero-order chi connectivity index (χ0) is 21.4. The van der Waals surface area contributed by atoms with E-state index in [2.05, 4.69) is 29.7 Å². The molecule has 0 amide bonds. The van der Waals surface area contributed by atoms with Crippen LogP contribution in [0.1, 0.15) is 41.3 Å². The first-order valence-electron chi connectivity index (χ1n) is 10.4. The minimum absolute atomic E-state index is 0.197. The third-order valence-electron chi connectivity index (χ3n) is 6.40. The van der Waals surface area contributed by atoms with E-state index in [-0.39, 0.29) is 5.92 Å². The Balaban J connectivity index is 1.41. The molecule has 2 saturated heterocycles. The Morgan fingerprint density at radius 3 is 2.40 bits per heavy atom. The van der Waals surface area contributed by atoms with Crippen molar-refractivity contribution in [3.05, 3.63) is 56.8 Å². The number of likely N-dealkylation sites (tertiary alicyclic amines) is 1. The summed E-state index contributed by atoms with van der Waals surface area (Å²) in [6, 6.07) is 7.87. The lowest BCUT2D eigenvalue weighted by Gasteiger charge is -2.42. The van der Waals surface area contributed by atoms with Crippen LogP contribution in [-0.2, 0) is 11.3 Å². The summed E-state index contributed by atoms with van der Waals surface area (Å²) >= 11 is 12.7. The van der Waals surface area contributed by atoms with Crippen LogP contribution in [0.5, 0.6) is 0 Å². The summed E-state index contributed by atoms with van der Waals surface area (Å²) in [7, 11) is 0. The highest BCUT2D eigenvalue weighted by Gasteiger charge is 2.33. The van der Waals surface area contributed by atoms with Gasteiger partial charge in [0.2, 0.25) is 0 Å². The molecule has 0 unspecified atom stereocenters. The van der Waals surface area contributed by atoms with E-state index in [1.54, 1.807) is 0 Å². The van der Waals surface area contributed by atoms with Gasteiger partial charge in [0.15, 0.2) is 0 Å². The van der Waals surface area contributed by atoms with E-state index < -0.39 is 5.97 Å². The zero-order valence-corrected chi connectivity index (χ0v) is 18.9. The molecule has 2 fully saturated rings. The maximum atomic E-state index is 11.2. The van der Waals surface area contributed by atoms with Gasteiger partial charge in [0.1, 0.15) is 0 Å². The maximum Gasteiger partial charge on any atom is 0.306 e. The molecular formula is C23H27Cl2N3O2. The molecule has 3 heterocycles. The van der Waals surface area contributed by atoms with E-state index in [9.17, 15) is 9.90 Å². The quantitative estimate of drug-likeness (QED) is 0.705. The summed E-state index contributed by atoms with van der Waals surface area (Å²) in [5.41, 5.74) is 5.57. The molecule has 0 atom stereocenters. The van der Waals surface area contributed by atoms with Crippen molar-refractivity contribution < 1.29 is 9.90 Å². The van der Waals surface area contributed by atoms with Crippen LogP contribution in [0.3, 0.4) is 0 Å². The largest absolute Gasteiger partial charge is 0.481 e. The van der Waals surface area contributed by atoms with Gasteiger partial charge in [-0.25, -0.2) is 0 Å². The van der Waals surface area contributed by atoms with Crippen molar-refractivity contribution in [3.8, 4) is 0 Å². The topological polar surface area (TPSA) is 56.7 Å². The summed E-state index contributed by atoms with van der Waals surface area (Å²) in [6.07, 6.45) is 1.45. The van der Waals surface area contributed by atoms with E-state index in [1.807, 2.05) is 18.2 Å². The van der Waals surface area contributed by atoms with Gasteiger partial charge in [-0.1, -0.05) is 35.3 Å². The van der Waals surface area contributed by atoms with Gasteiger partial charge < -0.3 is 10.0 Å². The highest BCUT2D eigenvalue weighted by Crippen LogP contribution is 2.40. The second-order valence-electron chi connectivity index (χ2n) is 8.50. The molecule has 1 N–H and O–H groups in total. The number of anilines is 1. The first-order chi connectivity index (χ1) is 14.3. The molecule has 0 radical (unpaired) electrons. The summed E-state index contributed by atoms with van der Waals surface area (Å²) in [5.74, 6) is -0.491. The number of aromatic nitrogens is 1. The molecule has 0 bridgehead atoms. The number of pyridine rings is 1.